The number of rotatable bonds is 14. The fraction of sp³-hybridized carbons (Fsp3) is 0.346. The summed E-state index contributed by atoms with van der Waals surface area (Å²) in [7, 11) is 0. The number of hydrogen-bond acceptors (Lipinski definition) is 7. The number of carbonyl (C=O) groups is 5. The van der Waals surface area contributed by atoms with Crippen molar-refractivity contribution in [3.05, 3.63) is 65.7 Å². The summed E-state index contributed by atoms with van der Waals surface area (Å²) in [4.78, 5) is 60.9. The van der Waals surface area contributed by atoms with Crippen LogP contribution in [0.2, 0.25) is 0 Å². The number of aliphatic carboxylic acids is 1. The van der Waals surface area contributed by atoms with Crippen molar-refractivity contribution in [3.63, 3.8) is 0 Å². The zero-order valence-corrected chi connectivity index (χ0v) is 20.9. The second-order valence-corrected chi connectivity index (χ2v) is 8.86. The average Bonchev–Trinajstić information content (AvgIpc) is 2.87. The molecule has 0 aromatic heterocycles. The van der Waals surface area contributed by atoms with Crippen molar-refractivity contribution in [3.8, 4) is 5.75 Å². The number of carbonyl (C=O) groups excluding carboxylic acids is 4. The Balaban J connectivity index is 2.08. The average molecular weight is 528 g/mol. The molecule has 0 bridgehead atoms. The van der Waals surface area contributed by atoms with Gasteiger partial charge in [-0.25, -0.2) is 4.79 Å². The topological polar surface area (TPSA) is 214 Å². The maximum atomic E-state index is 13.1. The largest absolute Gasteiger partial charge is 0.508 e. The van der Waals surface area contributed by atoms with Crippen LogP contribution in [0.5, 0.6) is 5.75 Å². The Bertz CT molecular complexity index is 1120. The van der Waals surface area contributed by atoms with Crippen molar-refractivity contribution in [2.45, 2.75) is 56.8 Å². The smallest absolute Gasteiger partial charge is 0.326 e. The SMILES string of the molecule is CC(NC(=O)C(Cc1ccccc1)NC(=O)C(N)Cc1ccc(O)cc1)C(=O)NC(CCC(N)=O)C(=O)O. The van der Waals surface area contributed by atoms with Gasteiger partial charge in [-0.3, -0.25) is 19.2 Å². The highest BCUT2D eigenvalue weighted by Gasteiger charge is 2.28. The molecule has 12 nitrogen and oxygen atoms in total. The van der Waals surface area contributed by atoms with Crippen molar-refractivity contribution in [2.75, 3.05) is 0 Å². The van der Waals surface area contributed by atoms with Gasteiger partial charge in [0, 0.05) is 12.8 Å². The summed E-state index contributed by atoms with van der Waals surface area (Å²) in [6.07, 6.45) is -0.183. The van der Waals surface area contributed by atoms with Gasteiger partial charge in [0.05, 0.1) is 6.04 Å². The Hall–Kier alpha value is -4.45. The minimum Gasteiger partial charge on any atom is -0.508 e. The molecular formula is C26H33N5O7. The minimum absolute atomic E-state index is 0.0760. The number of phenolic OH excluding ortho intramolecular Hbond substituents is 1. The number of aromatic hydroxyl groups is 1. The van der Waals surface area contributed by atoms with E-state index in [9.17, 15) is 34.2 Å². The molecule has 0 aliphatic carbocycles. The molecule has 0 spiro atoms. The third kappa shape index (κ3) is 9.90. The summed E-state index contributed by atoms with van der Waals surface area (Å²) in [6.45, 7) is 1.36. The standard InChI is InChI=1S/C26H33N5O7/c1-15(23(34)30-20(26(37)38)11-12-22(28)33)29-25(36)21(14-16-5-3-2-4-6-16)31-24(35)19(27)13-17-7-9-18(32)10-8-17/h2-10,15,19-21,32H,11-14,27H2,1H3,(H2,28,33)(H,29,36)(H,30,34)(H,31,35)(H,37,38). The van der Waals surface area contributed by atoms with Crippen LogP contribution in [0.25, 0.3) is 0 Å². The van der Waals surface area contributed by atoms with Gasteiger partial charge in [-0.15, -0.1) is 0 Å². The molecule has 0 aliphatic rings. The molecule has 2 aromatic carbocycles. The lowest BCUT2D eigenvalue weighted by molar-refractivity contribution is -0.142. The minimum atomic E-state index is -1.37. The summed E-state index contributed by atoms with van der Waals surface area (Å²) >= 11 is 0. The first kappa shape index (κ1) is 29.8. The van der Waals surface area contributed by atoms with Gasteiger partial charge in [-0.2, -0.15) is 0 Å². The van der Waals surface area contributed by atoms with Crippen LogP contribution < -0.4 is 27.4 Å². The van der Waals surface area contributed by atoms with Crippen molar-refractivity contribution >= 4 is 29.6 Å². The van der Waals surface area contributed by atoms with Crippen LogP contribution in [0.4, 0.5) is 0 Å². The maximum Gasteiger partial charge on any atom is 0.326 e. The van der Waals surface area contributed by atoms with Gasteiger partial charge in [-0.05, 0) is 43.0 Å². The molecule has 204 valence electrons. The molecule has 2 aromatic rings. The molecule has 0 saturated carbocycles. The number of carboxylic acids is 1. The first-order chi connectivity index (χ1) is 18.0. The highest BCUT2D eigenvalue weighted by molar-refractivity contribution is 5.94. The second kappa shape index (κ2) is 14.3. The van der Waals surface area contributed by atoms with Crippen molar-refractivity contribution in [2.24, 2.45) is 11.5 Å². The van der Waals surface area contributed by atoms with E-state index in [0.29, 0.717) is 5.56 Å². The molecule has 0 heterocycles. The second-order valence-electron chi connectivity index (χ2n) is 8.86. The van der Waals surface area contributed by atoms with E-state index in [1.165, 1.54) is 19.1 Å². The van der Waals surface area contributed by atoms with E-state index in [1.54, 1.807) is 42.5 Å². The highest BCUT2D eigenvalue weighted by atomic mass is 16.4. The van der Waals surface area contributed by atoms with Crippen molar-refractivity contribution < 1.29 is 34.2 Å². The summed E-state index contributed by atoms with van der Waals surface area (Å²) < 4.78 is 0. The van der Waals surface area contributed by atoms with Gasteiger partial charge in [0.15, 0.2) is 0 Å². The fourth-order valence-electron chi connectivity index (χ4n) is 3.54. The zero-order valence-electron chi connectivity index (χ0n) is 20.9. The van der Waals surface area contributed by atoms with Gasteiger partial charge in [-0.1, -0.05) is 42.5 Å². The Kier molecular flexibility index (Phi) is 11.2. The Morgan fingerprint density at radius 3 is 1.95 bits per heavy atom. The van der Waals surface area contributed by atoms with Crippen LogP contribution in [-0.4, -0.2) is 64.0 Å². The predicted octanol–water partition coefficient (Wildman–Crippen LogP) is -0.671. The summed E-state index contributed by atoms with van der Waals surface area (Å²) in [5, 5.41) is 26.1. The van der Waals surface area contributed by atoms with Crippen LogP contribution in [0.3, 0.4) is 0 Å². The zero-order chi connectivity index (χ0) is 28.2. The molecule has 9 N–H and O–H groups in total. The van der Waals surface area contributed by atoms with E-state index in [0.717, 1.165) is 5.56 Å². The van der Waals surface area contributed by atoms with Gasteiger partial charge in [0.1, 0.15) is 23.9 Å². The van der Waals surface area contributed by atoms with Crippen LogP contribution in [-0.2, 0) is 36.8 Å². The summed E-state index contributed by atoms with van der Waals surface area (Å²) in [6, 6.07) is 10.5. The van der Waals surface area contributed by atoms with E-state index in [2.05, 4.69) is 16.0 Å². The fourth-order valence-corrected chi connectivity index (χ4v) is 3.54. The Morgan fingerprint density at radius 2 is 1.37 bits per heavy atom. The molecule has 2 rings (SSSR count). The van der Waals surface area contributed by atoms with E-state index < -0.39 is 53.8 Å². The number of benzene rings is 2. The number of nitrogens with two attached hydrogens (primary N) is 2. The molecular weight excluding hydrogens is 494 g/mol. The predicted molar refractivity (Wildman–Crippen MR) is 137 cm³/mol. The quantitative estimate of drug-likeness (QED) is 0.167. The lowest BCUT2D eigenvalue weighted by Crippen LogP contribution is -2.57. The molecule has 38 heavy (non-hydrogen) atoms. The molecule has 0 aliphatic heterocycles. The molecule has 12 heteroatoms. The van der Waals surface area contributed by atoms with Crippen LogP contribution >= 0.6 is 0 Å². The van der Waals surface area contributed by atoms with Crippen LogP contribution in [0.15, 0.2) is 54.6 Å². The number of hydrogen-bond donors (Lipinski definition) is 7. The van der Waals surface area contributed by atoms with Crippen LogP contribution in [0.1, 0.15) is 30.9 Å². The molecule has 4 atom stereocenters. The van der Waals surface area contributed by atoms with E-state index in [1.807, 2.05) is 0 Å². The molecule has 4 amide bonds. The number of phenols is 1. The van der Waals surface area contributed by atoms with Crippen molar-refractivity contribution in [1.29, 1.82) is 0 Å². The molecule has 0 fully saturated rings. The molecule has 0 saturated heterocycles. The van der Waals surface area contributed by atoms with E-state index >= 15 is 0 Å². The first-order valence-electron chi connectivity index (χ1n) is 12.0. The van der Waals surface area contributed by atoms with Gasteiger partial charge >= 0.3 is 5.97 Å². The van der Waals surface area contributed by atoms with Crippen LogP contribution in [0, 0.1) is 0 Å². The monoisotopic (exact) mass is 527 g/mol. The summed E-state index contributed by atoms with van der Waals surface area (Å²) in [5.74, 6) is -4.05. The normalized spacial score (nSPS) is 13.8. The van der Waals surface area contributed by atoms with Gasteiger partial charge < -0.3 is 37.6 Å². The molecule has 4 unspecified atom stereocenters. The summed E-state index contributed by atoms with van der Waals surface area (Å²) in [5.41, 5.74) is 12.6. The van der Waals surface area contributed by atoms with Gasteiger partial charge in [0.25, 0.3) is 0 Å². The number of carboxylic acid groups (broad SMARTS) is 1. The Labute approximate surface area is 219 Å². The van der Waals surface area contributed by atoms with Crippen molar-refractivity contribution in [1.82, 2.24) is 16.0 Å². The maximum absolute atomic E-state index is 13.1. The van der Waals surface area contributed by atoms with E-state index in [4.69, 9.17) is 11.5 Å². The first-order valence-corrected chi connectivity index (χ1v) is 12.0. The highest BCUT2D eigenvalue weighted by Crippen LogP contribution is 2.11. The van der Waals surface area contributed by atoms with E-state index in [-0.39, 0.29) is 31.4 Å². The Morgan fingerprint density at radius 1 is 0.789 bits per heavy atom. The number of nitrogens with one attached hydrogen (secondary N) is 3. The number of primary amides is 1. The third-order valence-corrected chi connectivity index (χ3v) is 5.69. The number of amides is 4. The lowest BCUT2D eigenvalue weighted by Gasteiger charge is -2.23. The third-order valence-electron chi connectivity index (χ3n) is 5.69. The van der Waals surface area contributed by atoms with Gasteiger partial charge in [0.2, 0.25) is 23.6 Å². The molecule has 0 radical (unpaired) electrons. The lowest BCUT2D eigenvalue weighted by atomic mass is 10.0.